The number of primary amides is 1. The molecule has 1 aromatic carbocycles. The number of aromatic nitrogens is 5. The monoisotopic (exact) mass is 474 g/mol. The zero-order valence-electron chi connectivity index (χ0n) is 19.2. The van der Waals surface area contributed by atoms with Gasteiger partial charge in [-0.1, -0.05) is 0 Å². The molecule has 178 valence electrons. The molecule has 4 heterocycles. The Labute approximate surface area is 199 Å². The quantitative estimate of drug-likeness (QED) is 0.312. The van der Waals surface area contributed by atoms with Crippen LogP contribution in [-0.4, -0.2) is 54.8 Å². The van der Waals surface area contributed by atoms with Gasteiger partial charge in [0.1, 0.15) is 17.2 Å². The molecule has 4 aromatic rings. The molecule has 0 radical (unpaired) electrons. The minimum absolute atomic E-state index is 0.168. The highest BCUT2D eigenvalue weighted by Crippen LogP contribution is 2.34. The first-order chi connectivity index (χ1) is 16.8. The molecule has 35 heavy (non-hydrogen) atoms. The van der Waals surface area contributed by atoms with Gasteiger partial charge in [0.15, 0.2) is 5.65 Å². The lowest BCUT2D eigenvalue weighted by molar-refractivity contribution is 0.0993. The number of nitrogens with two attached hydrogens (primary N) is 1. The molecule has 5 rings (SSSR count). The standard InChI is InChI=1S/C24H23FN8O2/c1-24(2,30-13-34)8-15-7-14(3-4-17(15)25)21-22(32(12-29-21)16-9-27-10-16)18-5-6-20-28-11-19(23(26)35)33(20)31-18/h3-7,11-12,16,27H,8-10H2,1-2H3,(H2,26,35). The number of isocyanates is 1. The van der Waals surface area contributed by atoms with Crippen molar-refractivity contribution in [1.29, 1.82) is 0 Å². The number of benzene rings is 1. The van der Waals surface area contributed by atoms with E-state index in [0.29, 0.717) is 28.2 Å². The summed E-state index contributed by atoms with van der Waals surface area (Å²) in [5.41, 5.74) is 8.35. The molecule has 1 saturated heterocycles. The summed E-state index contributed by atoms with van der Waals surface area (Å²) in [6, 6.07) is 8.50. The number of carbonyl (C=O) groups is 1. The second kappa shape index (κ2) is 8.53. The van der Waals surface area contributed by atoms with Gasteiger partial charge >= 0.3 is 0 Å². The first kappa shape index (κ1) is 22.6. The van der Waals surface area contributed by atoms with Crippen molar-refractivity contribution in [2.45, 2.75) is 31.8 Å². The van der Waals surface area contributed by atoms with E-state index in [2.05, 4.69) is 25.4 Å². The summed E-state index contributed by atoms with van der Waals surface area (Å²) < 4.78 is 18.1. The molecule has 3 aromatic heterocycles. The van der Waals surface area contributed by atoms with Gasteiger partial charge in [0, 0.05) is 25.1 Å². The lowest BCUT2D eigenvalue weighted by Crippen LogP contribution is -2.43. The average molecular weight is 475 g/mol. The summed E-state index contributed by atoms with van der Waals surface area (Å²) >= 11 is 0. The third kappa shape index (κ3) is 4.11. The molecule has 1 aliphatic heterocycles. The van der Waals surface area contributed by atoms with Gasteiger partial charge in [-0.05, 0) is 49.7 Å². The van der Waals surface area contributed by atoms with E-state index in [4.69, 9.17) is 5.73 Å². The topological polar surface area (TPSA) is 133 Å². The minimum Gasteiger partial charge on any atom is -0.364 e. The smallest absolute Gasteiger partial charge is 0.269 e. The van der Waals surface area contributed by atoms with Crippen molar-refractivity contribution in [2.75, 3.05) is 13.1 Å². The Kier molecular flexibility index (Phi) is 5.50. The summed E-state index contributed by atoms with van der Waals surface area (Å²) in [7, 11) is 0. The van der Waals surface area contributed by atoms with Crippen LogP contribution in [0.5, 0.6) is 0 Å². The maximum atomic E-state index is 14.7. The predicted molar refractivity (Wildman–Crippen MR) is 126 cm³/mol. The van der Waals surface area contributed by atoms with Gasteiger partial charge < -0.3 is 15.6 Å². The molecular formula is C24H23FN8O2. The van der Waals surface area contributed by atoms with Gasteiger partial charge in [0.05, 0.1) is 35.5 Å². The lowest BCUT2D eigenvalue weighted by Gasteiger charge is -2.30. The molecule has 0 aliphatic carbocycles. The van der Waals surface area contributed by atoms with Crippen LogP contribution >= 0.6 is 0 Å². The zero-order chi connectivity index (χ0) is 24.7. The number of nitrogens with zero attached hydrogens (tertiary/aromatic N) is 6. The molecule has 1 amide bonds. The van der Waals surface area contributed by atoms with E-state index in [1.54, 1.807) is 44.5 Å². The number of nitrogens with one attached hydrogen (secondary N) is 1. The van der Waals surface area contributed by atoms with Crippen molar-refractivity contribution in [1.82, 2.24) is 29.5 Å². The normalized spacial score (nSPS) is 14.0. The minimum atomic E-state index is -0.805. The largest absolute Gasteiger partial charge is 0.364 e. The number of halogens is 1. The third-order valence-corrected chi connectivity index (χ3v) is 6.09. The SMILES string of the molecule is CC(C)(Cc1cc(-c2ncn(C3CNC3)c2-c2ccc3ncc(C(N)=O)n3n2)ccc1F)N=C=O. The van der Waals surface area contributed by atoms with E-state index in [-0.39, 0.29) is 18.2 Å². The molecule has 0 bridgehead atoms. The highest BCUT2D eigenvalue weighted by atomic mass is 19.1. The summed E-state index contributed by atoms with van der Waals surface area (Å²) in [6.45, 7) is 5.03. The molecule has 11 heteroatoms. The Balaban J connectivity index is 1.66. The van der Waals surface area contributed by atoms with Crippen LogP contribution < -0.4 is 11.1 Å². The number of fused-ring (bicyclic) bond motifs is 1. The molecule has 0 spiro atoms. The van der Waals surface area contributed by atoms with Crippen LogP contribution in [-0.2, 0) is 11.2 Å². The number of carbonyl (C=O) groups excluding carboxylic acids is 2. The van der Waals surface area contributed by atoms with Gasteiger partial charge in [-0.2, -0.15) is 10.1 Å². The molecule has 10 nitrogen and oxygen atoms in total. The highest BCUT2D eigenvalue weighted by molar-refractivity contribution is 5.91. The second-order valence-electron chi connectivity index (χ2n) is 9.16. The maximum absolute atomic E-state index is 14.7. The van der Waals surface area contributed by atoms with Gasteiger partial charge in [-0.25, -0.2) is 23.7 Å². The Morgan fingerprint density at radius 2 is 2.09 bits per heavy atom. The Morgan fingerprint density at radius 3 is 2.77 bits per heavy atom. The lowest BCUT2D eigenvalue weighted by atomic mass is 9.93. The number of hydrogen-bond donors (Lipinski definition) is 2. The third-order valence-electron chi connectivity index (χ3n) is 6.09. The Morgan fingerprint density at radius 1 is 1.29 bits per heavy atom. The zero-order valence-corrected chi connectivity index (χ0v) is 19.2. The van der Waals surface area contributed by atoms with Crippen LogP contribution in [0.1, 0.15) is 35.9 Å². The first-order valence-corrected chi connectivity index (χ1v) is 11.1. The number of hydrogen-bond acceptors (Lipinski definition) is 7. The van der Waals surface area contributed by atoms with E-state index < -0.39 is 17.3 Å². The fourth-order valence-electron chi connectivity index (χ4n) is 4.23. The molecule has 0 atom stereocenters. The summed E-state index contributed by atoms with van der Waals surface area (Å²) in [4.78, 5) is 35.3. The van der Waals surface area contributed by atoms with Crippen molar-refractivity contribution in [3.8, 4) is 22.6 Å². The van der Waals surface area contributed by atoms with Crippen molar-refractivity contribution in [2.24, 2.45) is 10.7 Å². The van der Waals surface area contributed by atoms with Crippen molar-refractivity contribution in [3.63, 3.8) is 0 Å². The molecule has 1 aliphatic rings. The van der Waals surface area contributed by atoms with Gasteiger partial charge in [0.2, 0.25) is 6.08 Å². The summed E-state index contributed by atoms with van der Waals surface area (Å²) in [5, 5.41) is 7.90. The maximum Gasteiger partial charge on any atom is 0.269 e. The molecular weight excluding hydrogens is 451 g/mol. The van der Waals surface area contributed by atoms with E-state index in [0.717, 1.165) is 18.8 Å². The fourth-order valence-corrected chi connectivity index (χ4v) is 4.23. The first-order valence-electron chi connectivity index (χ1n) is 11.1. The molecule has 0 saturated carbocycles. The van der Waals surface area contributed by atoms with Gasteiger partial charge in [-0.3, -0.25) is 4.79 Å². The molecule has 3 N–H and O–H groups in total. The Hall–Kier alpha value is -4.21. The number of imidazole rings is 2. The van der Waals surface area contributed by atoms with E-state index in [1.807, 2.05) is 10.6 Å². The van der Waals surface area contributed by atoms with Crippen LogP contribution in [0.3, 0.4) is 0 Å². The second-order valence-corrected chi connectivity index (χ2v) is 9.16. The average Bonchev–Trinajstić information content (AvgIpc) is 3.38. The van der Waals surface area contributed by atoms with Crippen LogP contribution in [0.4, 0.5) is 4.39 Å². The highest BCUT2D eigenvalue weighted by Gasteiger charge is 2.27. The van der Waals surface area contributed by atoms with Crippen LogP contribution in [0.25, 0.3) is 28.3 Å². The van der Waals surface area contributed by atoms with Gasteiger partial charge in [0.25, 0.3) is 5.91 Å². The van der Waals surface area contributed by atoms with E-state index in [1.165, 1.54) is 16.8 Å². The molecule has 0 unspecified atom stereocenters. The summed E-state index contributed by atoms with van der Waals surface area (Å²) in [6.07, 6.45) is 4.91. The fraction of sp³-hybridized carbons (Fsp3) is 0.292. The predicted octanol–water partition coefficient (Wildman–Crippen LogP) is 2.30. The van der Waals surface area contributed by atoms with Gasteiger partial charge in [-0.15, -0.1) is 0 Å². The van der Waals surface area contributed by atoms with Crippen LogP contribution in [0.15, 0.2) is 47.8 Å². The van der Waals surface area contributed by atoms with E-state index >= 15 is 0 Å². The number of aliphatic imine (C=N–C) groups is 1. The Bertz CT molecular complexity index is 1490. The van der Waals surface area contributed by atoms with Crippen molar-refractivity contribution >= 4 is 17.6 Å². The van der Waals surface area contributed by atoms with E-state index in [9.17, 15) is 14.0 Å². The van der Waals surface area contributed by atoms with Crippen molar-refractivity contribution < 1.29 is 14.0 Å². The van der Waals surface area contributed by atoms with Crippen molar-refractivity contribution in [3.05, 3.63) is 59.9 Å². The molecule has 1 fully saturated rings. The summed E-state index contributed by atoms with van der Waals surface area (Å²) in [5.74, 6) is -1.03. The number of rotatable bonds is 7. The number of amides is 1. The van der Waals surface area contributed by atoms with Crippen LogP contribution in [0.2, 0.25) is 0 Å². The van der Waals surface area contributed by atoms with Crippen LogP contribution in [0, 0.1) is 5.82 Å².